The number of likely N-dealkylation sites (N-methyl/N-ethyl adjacent to an activating group) is 1. The second-order valence-corrected chi connectivity index (χ2v) is 5.16. The predicted molar refractivity (Wildman–Crippen MR) is 77.8 cm³/mol. The SMILES string of the molecule is CCNCC(=Cc1ccc(Cl)cc1Cl)C(C)C. The van der Waals surface area contributed by atoms with Crippen LogP contribution < -0.4 is 5.32 Å². The average molecular weight is 272 g/mol. The van der Waals surface area contributed by atoms with Crippen LogP contribution in [-0.4, -0.2) is 13.1 Å². The summed E-state index contributed by atoms with van der Waals surface area (Å²) in [4.78, 5) is 0. The van der Waals surface area contributed by atoms with Crippen molar-refractivity contribution in [3.63, 3.8) is 0 Å². The van der Waals surface area contributed by atoms with E-state index < -0.39 is 0 Å². The zero-order chi connectivity index (χ0) is 12.8. The summed E-state index contributed by atoms with van der Waals surface area (Å²) in [5.41, 5.74) is 2.37. The Balaban J connectivity index is 2.95. The van der Waals surface area contributed by atoms with E-state index in [0.29, 0.717) is 16.0 Å². The van der Waals surface area contributed by atoms with E-state index in [1.165, 1.54) is 5.57 Å². The molecular weight excluding hydrogens is 253 g/mol. The van der Waals surface area contributed by atoms with Gasteiger partial charge in [0, 0.05) is 16.6 Å². The first kappa shape index (κ1) is 14.6. The first-order valence-electron chi connectivity index (χ1n) is 5.90. The molecular formula is C14H19Cl2N. The van der Waals surface area contributed by atoms with Crippen LogP contribution in [0.4, 0.5) is 0 Å². The third-order valence-corrected chi connectivity index (χ3v) is 3.19. The Bertz CT molecular complexity index is 397. The largest absolute Gasteiger partial charge is 0.313 e. The number of nitrogens with one attached hydrogen (secondary N) is 1. The highest BCUT2D eigenvalue weighted by atomic mass is 35.5. The molecule has 0 aliphatic rings. The molecule has 0 fully saturated rings. The van der Waals surface area contributed by atoms with Crippen LogP contribution in [0.3, 0.4) is 0 Å². The molecule has 0 saturated heterocycles. The maximum absolute atomic E-state index is 6.16. The smallest absolute Gasteiger partial charge is 0.0493 e. The number of rotatable bonds is 5. The van der Waals surface area contributed by atoms with Crippen molar-refractivity contribution in [2.45, 2.75) is 20.8 Å². The summed E-state index contributed by atoms with van der Waals surface area (Å²) in [5, 5.41) is 4.72. The van der Waals surface area contributed by atoms with Gasteiger partial charge >= 0.3 is 0 Å². The molecule has 1 nitrogen and oxygen atoms in total. The zero-order valence-corrected chi connectivity index (χ0v) is 12.1. The lowest BCUT2D eigenvalue weighted by atomic mass is 10.00. The van der Waals surface area contributed by atoms with E-state index in [1.807, 2.05) is 12.1 Å². The lowest BCUT2D eigenvalue weighted by molar-refractivity contribution is 0.682. The third-order valence-electron chi connectivity index (χ3n) is 2.62. The van der Waals surface area contributed by atoms with Gasteiger partial charge in [-0.3, -0.25) is 0 Å². The van der Waals surface area contributed by atoms with Gasteiger partial charge in [0.2, 0.25) is 0 Å². The molecule has 3 heteroatoms. The molecule has 0 spiro atoms. The van der Waals surface area contributed by atoms with Gasteiger partial charge < -0.3 is 5.32 Å². The van der Waals surface area contributed by atoms with Crippen molar-refractivity contribution in [3.05, 3.63) is 39.4 Å². The third kappa shape index (κ3) is 4.71. The average Bonchev–Trinajstić information content (AvgIpc) is 2.26. The molecule has 0 aliphatic carbocycles. The molecule has 94 valence electrons. The van der Waals surface area contributed by atoms with E-state index in [9.17, 15) is 0 Å². The number of hydrogen-bond acceptors (Lipinski definition) is 1. The summed E-state index contributed by atoms with van der Waals surface area (Å²) in [6, 6.07) is 5.60. The van der Waals surface area contributed by atoms with E-state index in [4.69, 9.17) is 23.2 Å². The van der Waals surface area contributed by atoms with Crippen LogP contribution in [0.5, 0.6) is 0 Å². The molecule has 1 aromatic rings. The minimum atomic E-state index is 0.501. The Morgan fingerprint density at radius 3 is 2.59 bits per heavy atom. The van der Waals surface area contributed by atoms with Crippen molar-refractivity contribution in [1.82, 2.24) is 5.32 Å². The highest BCUT2D eigenvalue weighted by Gasteiger charge is 2.05. The molecule has 0 radical (unpaired) electrons. The topological polar surface area (TPSA) is 12.0 Å². The second kappa shape index (κ2) is 7.05. The molecule has 0 heterocycles. The normalized spacial score (nSPS) is 12.2. The molecule has 1 rings (SSSR count). The van der Waals surface area contributed by atoms with E-state index >= 15 is 0 Å². The predicted octanol–water partition coefficient (Wildman–Crippen LogP) is 4.64. The number of benzene rings is 1. The van der Waals surface area contributed by atoms with Crippen molar-refractivity contribution < 1.29 is 0 Å². The van der Waals surface area contributed by atoms with Crippen molar-refractivity contribution in [2.24, 2.45) is 5.92 Å². The lowest BCUT2D eigenvalue weighted by Crippen LogP contribution is -2.18. The van der Waals surface area contributed by atoms with E-state index in [1.54, 1.807) is 6.07 Å². The molecule has 1 aromatic carbocycles. The second-order valence-electron chi connectivity index (χ2n) is 4.32. The van der Waals surface area contributed by atoms with Crippen LogP contribution in [0.2, 0.25) is 10.0 Å². The Morgan fingerprint density at radius 1 is 1.35 bits per heavy atom. The van der Waals surface area contributed by atoms with Gasteiger partial charge in [0.15, 0.2) is 0 Å². The van der Waals surface area contributed by atoms with Gasteiger partial charge in [-0.05, 0) is 30.2 Å². The van der Waals surface area contributed by atoms with E-state index in [2.05, 4.69) is 32.2 Å². The number of hydrogen-bond donors (Lipinski definition) is 1. The molecule has 0 aromatic heterocycles. The van der Waals surface area contributed by atoms with Crippen molar-refractivity contribution >= 4 is 29.3 Å². The Kier molecular flexibility index (Phi) is 6.04. The van der Waals surface area contributed by atoms with Gasteiger partial charge in [-0.2, -0.15) is 0 Å². The van der Waals surface area contributed by atoms with Gasteiger partial charge in [-0.1, -0.05) is 61.7 Å². The quantitative estimate of drug-likeness (QED) is 0.823. The summed E-state index contributed by atoms with van der Waals surface area (Å²) in [5.74, 6) is 0.501. The molecule has 0 aliphatic heterocycles. The molecule has 0 atom stereocenters. The monoisotopic (exact) mass is 271 g/mol. The fourth-order valence-electron chi connectivity index (χ4n) is 1.51. The van der Waals surface area contributed by atoms with Crippen molar-refractivity contribution in [1.29, 1.82) is 0 Å². The highest BCUT2D eigenvalue weighted by molar-refractivity contribution is 6.35. The maximum Gasteiger partial charge on any atom is 0.0493 e. The molecule has 0 bridgehead atoms. The summed E-state index contributed by atoms with van der Waals surface area (Å²) >= 11 is 12.0. The van der Waals surface area contributed by atoms with Crippen LogP contribution in [0.25, 0.3) is 6.08 Å². The summed E-state index contributed by atoms with van der Waals surface area (Å²) < 4.78 is 0. The Morgan fingerprint density at radius 2 is 2.06 bits per heavy atom. The summed E-state index contributed by atoms with van der Waals surface area (Å²) in [7, 11) is 0. The maximum atomic E-state index is 6.16. The molecule has 0 saturated carbocycles. The van der Waals surface area contributed by atoms with Crippen LogP contribution in [-0.2, 0) is 0 Å². The van der Waals surface area contributed by atoms with Crippen LogP contribution in [0, 0.1) is 5.92 Å². The lowest BCUT2D eigenvalue weighted by Gasteiger charge is -2.12. The molecule has 1 N–H and O–H groups in total. The van der Waals surface area contributed by atoms with Crippen LogP contribution in [0.1, 0.15) is 26.3 Å². The van der Waals surface area contributed by atoms with Crippen molar-refractivity contribution in [2.75, 3.05) is 13.1 Å². The number of halogens is 2. The fraction of sp³-hybridized carbons (Fsp3) is 0.429. The van der Waals surface area contributed by atoms with E-state index in [-0.39, 0.29) is 0 Å². The molecule has 17 heavy (non-hydrogen) atoms. The first-order valence-corrected chi connectivity index (χ1v) is 6.66. The molecule has 0 unspecified atom stereocenters. The standard InChI is InChI=1S/C14H19Cl2N/c1-4-17-9-12(10(2)3)7-11-5-6-13(15)8-14(11)16/h5-8,10,17H,4,9H2,1-3H3. The minimum Gasteiger partial charge on any atom is -0.313 e. The summed E-state index contributed by atoms with van der Waals surface area (Å²) in [6.07, 6.45) is 2.14. The Labute approximate surface area is 114 Å². The minimum absolute atomic E-state index is 0.501. The first-order chi connectivity index (χ1) is 8.04. The van der Waals surface area contributed by atoms with Gasteiger partial charge in [-0.25, -0.2) is 0 Å². The Hall–Kier alpha value is -0.500. The van der Waals surface area contributed by atoms with Gasteiger partial charge in [0.05, 0.1) is 0 Å². The fourth-order valence-corrected chi connectivity index (χ4v) is 1.97. The van der Waals surface area contributed by atoms with E-state index in [0.717, 1.165) is 18.7 Å². The van der Waals surface area contributed by atoms with Crippen molar-refractivity contribution in [3.8, 4) is 0 Å². The van der Waals surface area contributed by atoms with Gasteiger partial charge in [0.1, 0.15) is 0 Å². The van der Waals surface area contributed by atoms with Gasteiger partial charge in [0.25, 0.3) is 0 Å². The zero-order valence-electron chi connectivity index (χ0n) is 10.6. The summed E-state index contributed by atoms with van der Waals surface area (Å²) in [6.45, 7) is 8.35. The molecule has 0 amide bonds. The van der Waals surface area contributed by atoms with Crippen LogP contribution in [0.15, 0.2) is 23.8 Å². The van der Waals surface area contributed by atoms with Crippen LogP contribution >= 0.6 is 23.2 Å². The highest BCUT2D eigenvalue weighted by Crippen LogP contribution is 2.24. The van der Waals surface area contributed by atoms with Gasteiger partial charge in [-0.15, -0.1) is 0 Å².